The Bertz CT molecular complexity index is 482. The minimum atomic E-state index is -0.144. The van der Waals surface area contributed by atoms with E-state index in [1.54, 1.807) is 0 Å². The number of carbonyl (C=O) groups is 1. The van der Waals surface area contributed by atoms with Crippen LogP contribution in [-0.4, -0.2) is 29.8 Å². The maximum atomic E-state index is 11.3. The van der Waals surface area contributed by atoms with Crippen LogP contribution in [0.5, 0.6) is 5.75 Å². The van der Waals surface area contributed by atoms with Gasteiger partial charge in [0.15, 0.2) is 6.61 Å². The molecule has 1 saturated carbocycles. The predicted octanol–water partition coefficient (Wildman–Crippen LogP) is 1.73. The summed E-state index contributed by atoms with van der Waals surface area (Å²) >= 11 is 0. The molecule has 19 heavy (non-hydrogen) atoms. The summed E-state index contributed by atoms with van der Waals surface area (Å²) in [6.45, 7) is 0.0836. The maximum Gasteiger partial charge on any atom is 0.262 e. The highest BCUT2D eigenvalue weighted by Crippen LogP contribution is 2.31. The lowest BCUT2D eigenvalue weighted by Gasteiger charge is -2.27. The molecule has 1 fully saturated rings. The van der Waals surface area contributed by atoms with Crippen molar-refractivity contribution in [2.45, 2.75) is 37.8 Å². The Kier molecular flexibility index (Phi) is 3.29. The summed E-state index contributed by atoms with van der Waals surface area (Å²) in [5.41, 5.74) is 1.70. The molecular weight excluding hydrogens is 244 g/mol. The highest BCUT2D eigenvalue weighted by Gasteiger charge is 2.20. The first-order chi connectivity index (χ1) is 9.20. The Labute approximate surface area is 112 Å². The maximum absolute atomic E-state index is 11.3. The Morgan fingerprint density at radius 2 is 2.05 bits per heavy atom. The summed E-state index contributed by atoms with van der Waals surface area (Å²) in [5.74, 6) is 0.592. The van der Waals surface area contributed by atoms with Gasteiger partial charge in [-0.05, 0) is 43.9 Å². The van der Waals surface area contributed by atoms with Gasteiger partial charge in [-0.15, -0.1) is 0 Å². The van der Waals surface area contributed by atoms with Crippen molar-refractivity contribution in [1.82, 2.24) is 0 Å². The number of carbonyl (C=O) groups excluding carboxylic acids is 1. The van der Waals surface area contributed by atoms with Crippen LogP contribution < -0.4 is 15.4 Å². The molecule has 5 nitrogen and oxygen atoms in total. The van der Waals surface area contributed by atoms with Crippen molar-refractivity contribution in [3.8, 4) is 5.75 Å². The summed E-state index contributed by atoms with van der Waals surface area (Å²) in [5, 5.41) is 15.7. The van der Waals surface area contributed by atoms with E-state index < -0.39 is 0 Å². The second-order valence-electron chi connectivity index (χ2n) is 5.20. The Balaban J connectivity index is 1.68. The van der Waals surface area contributed by atoms with Gasteiger partial charge in [0.2, 0.25) is 0 Å². The molecule has 0 saturated heterocycles. The van der Waals surface area contributed by atoms with Crippen LogP contribution in [0, 0.1) is 0 Å². The second kappa shape index (κ2) is 5.09. The molecule has 1 aliphatic heterocycles. The third-order valence-electron chi connectivity index (χ3n) is 3.68. The average Bonchev–Trinajstić information content (AvgIpc) is 2.41. The average molecular weight is 262 g/mol. The van der Waals surface area contributed by atoms with Gasteiger partial charge in [-0.1, -0.05) is 0 Å². The molecule has 1 aliphatic carbocycles. The standard InChI is InChI=1S/C14H18N2O3/c17-11-4-1-9(2-5-11)15-10-3-6-13-12(7-10)16-14(18)8-19-13/h3,6-7,9,11,15,17H,1-2,4-5,8H2,(H,16,18). The lowest BCUT2D eigenvalue weighted by Crippen LogP contribution is -2.28. The normalized spacial score (nSPS) is 26.1. The minimum absolute atomic E-state index is 0.0836. The van der Waals surface area contributed by atoms with Crippen LogP contribution >= 0.6 is 0 Å². The molecule has 0 bridgehead atoms. The van der Waals surface area contributed by atoms with Gasteiger partial charge in [0.05, 0.1) is 11.8 Å². The van der Waals surface area contributed by atoms with Crippen LogP contribution in [0.15, 0.2) is 18.2 Å². The van der Waals surface area contributed by atoms with Crippen LogP contribution in [0.2, 0.25) is 0 Å². The van der Waals surface area contributed by atoms with E-state index in [4.69, 9.17) is 4.74 Å². The van der Waals surface area contributed by atoms with Crippen molar-refractivity contribution in [2.75, 3.05) is 17.2 Å². The molecule has 3 rings (SSSR count). The molecule has 1 heterocycles. The van der Waals surface area contributed by atoms with Gasteiger partial charge in [0.1, 0.15) is 5.75 Å². The molecular formula is C14H18N2O3. The van der Waals surface area contributed by atoms with Gasteiger partial charge in [-0.2, -0.15) is 0 Å². The first-order valence-electron chi connectivity index (χ1n) is 6.72. The zero-order valence-corrected chi connectivity index (χ0v) is 10.7. The van der Waals surface area contributed by atoms with Crippen LogP contribution in [0.4, 0.5) is 11.4 Å². The topological polar surface area (TPSA) is 70.6 Å². The van der Waals surface area contributed by atoms with Gasteiger partial charge in [0.25, 0.3) is 5.91 Å². The quantitative estimate of drug-likeness (QED) is 0.759. The minimum Gasteiger partial charge on any atom is -0.482 e. The lowest BCUT2D eigenvalue weighted by atomic mass is 9.93. The summed E-state index contributed by atoms with van der Waals surface area (Å²) in [6, 6.07) is 6.12. The van der Waals surface area contributed by atoms with Crippen molar-refractivity contribution < 1.29 is 14.6 Å². The molecule has 2 aliphatic rings. The van der Waals surface area contributed by atoms with E-state index in [9.17, 15) is 9.90 Å². The van der Waals surface area contributed by atoms with Gasteiger partial charge >= 0.3 is 0 Å². The molecule has 102 valence electrons. The molecule has 0 atom stereocenters. The Morgan fingerprint density at radius 3 is 2.84 bits per heavy atom. The number of ether oxygens (including phenoxy) is 1. The van der Waals surface area contributed by atoms with Crippen LogP contribution in [0.1, 0.15) is 25.7 Å². The molecule has 0 unspecified atom stereocenters. The van der Waals surface area contributed by atoms with E-state index >= 15 is 0 Å². The number of benzene rings is 1. The zero-order valence-electron chi connectivity index (χ0n) is 10.7. The number of aliphatic hydroxyl groups is 1. The largest absolute Gasteiger partial charge is 0.482 e. The van der Waals surface area contributed by atoms with E-state index in [1.807, 2.05) is 18.2 Å². The SMILES string of the molecule is O=C1COc2ccc(NC3CCC(O)CC3)cc2N1. The van der Waals surface area contributed by atoms with Gasteiger partial charge in [-0.3, -0.25) is 4.79 Å². The summed E-state index contributed by atoms with van der Waals surface area (Å²) in [6.07, 6.45) is 3.50. The molecule has 3 N–H and O–H groups in total. The summed E-state index contributed by atoms with van der Waals surface area (Å²) in [4.78, 5) is 11.3. The van der Waals surface area contributed by atoms with Gasteiger partial charge < -0.3 is 20.5 Å². The first-order valence-corrected chi connectivity index (χ1v) is 6.72. The van der Waals surface area contributed by atoms with E-state index in [-0.39, 0.29) is 18.6 Å². The number of nitrogens with one attached hydrogen (secondary N) is 2. The molecule has 1 amide bonds. The molecule has 1 aromatic rings. The van der Waals surface area contributed by atoms with Crippen LogP contribution in [0.3, 0.4) is 0 Å². The van der Waals surface area contributed by atoms with E-state index in [2.05, 4.69) is 10.6 Å². The van der Waals surface area contributed by atoms with Crippen molar-refractivity contribution in [1.29, 1.82) is 0 Å². The number of aliphatic hydroxyl groups excluding tert-OH is 1. The molecule has 5 heteroatoms. The summed E-state index contributed by atoms with van der Waals surface area (Å²) < 4.78 is 5.32. The predicted molar refractivity (Wildman–Crippen MR) is 72.5 cm³/mol. The smallest absolute Gasteiger partial charge is 0.262 e. The van der Waals surface area contributed by atoms with E-state index in [1.165, 1.54) is 0 Å². The van der Waals surface area contributed by atoms with Crippen molar-refractivity contribution >= 4 is 17.3 Å². The zero-order chi connectivity index (χ0) is 13.2. The van der Waals surface area contributed by atoms with Gasteiger partial charge in [0, 0.05) is 11.7 Å². The third-order valence-corrected chi connectivity index (χ3v) is 3.68. The fraction of sp³-hybridized carbons (Fsp3) is 0.500. The van der Waals surface area contributed by atoms with Gasteiger partial charge in [-0.25, -0.2) is 0 Å². The number of fused-ring (bicyclic) bond motifs is 1. The number of rotatable bonds is 2. The fourth-order valence-corrected chi connectivity index (χ4v) is 2.63. The molecule has 1 aromatic carbocycles. The highest BCUT2D eigenvalue weighted by molar-refractivity contribution is 5.96. The lowest BCUT2D eigenvalue weighted by molar-refractivity contribution is -0.118. The molecule has 0 spiro atoms. The van der Waals surface area contributed by atoms with Crippen molar-refractivity contribution in [3.05, 3.63) is 18.2 Å². The highest BCUT2D eigenvalue weighted by atomic mass is 16.5. The van der Waals surface area contributed by atoms with Crippen LogP contribution in [-0.2, 0) is 4.79 Å². The van der Waals surface area contributed by atoms with Crippen molar-refractivity contribution in [3.63, 3.8) is 0 Å². The van der Waals surface area contributed by atoms with E-state index in [0.717, 1.165) is 37.1 Å². The first kappa shape index (κ1) is 12.3. The van der Waals surface area contributed by atoms with Crippen LogP contribution in [0.25, 0.3) is 0 Å². The Morgan fingerprint density at radius 1 is 1.26 bits per heavy atom. The molecule has 0 radical (unpaired) electrons. The monoisotopic (exact) mass is 262 g/mol. The number of amides is 1. The fourth-order valence-electron chi connectivity index (χ4n) is 2.63. The number of anilines is 2. The van der Waals surface area contributed by atoms with Crippen molar-refractivity contribution in [2.24, 2.45) is 0 Å². The summed E-state index contributed by atoms with van der Waals surface area (Å²) in [7, 11) is 0. The van der Waals surface area contributed by atoms with E-state index in [0.29, 0.717) is 11.8 Å². The third kappa shape index (κ3) is 2.81. The molecule has 0 aromatic heterocycles. The number of hydrogen-bond acceptors (Lipinski definition) is 4. The number of hydrogen-bond donors (Lipinski definition) is 3. The Hall–Kier alpha value is -1.75. The second-order valence-corrected chi connectivity index (χ2v) is 5.20.